The number of amides is 2. The Labute approximate surface area is 189 Å². The summed E-state index contributed by atoms with van der Waals surface area (Å²) in [6.45, 7) is 5.96. The van der Waals surface area contributed by atoms with Gasteiger partial charge in [0.2, 0.25) is 11.8 Å². The average Bonchev–Trinajstić information content (AvgIpc) is 3.14. The molecule has 2 aromatic rings. The van der Waals surface area contributed by atoms with E-state index in [1.54, 1.807) is 11.9 Å². The van der Waals surface area contributed by atoms with Crippen LogP contribution in [0.2, 0.25) is 0 Å². The average molecular weight is 437 g/mol. The Morgan fingerprint density at radius 3 is 1.94 bits per heavy atom. The molecular formula is C26H32N2O4. The molecule has 1 aliphatic heterocycles. The number of likely N-dealkylation sites (N-methyl/N-ethyl adjacent to an activating group) is 1. The maximum atomic E-state index is 13.7. The Bertz CT molecular complexity index is 953. The van der Waals surface area contributed by atoms with E-state index in [-0.39, 0.29) is 23.7 Å². The number of carbonyl (C=O) groups is 3. The topological polar surface area (TPSA) is 75.7 Å². The summed E-state index contributed by atoms with van der Waals surface area (Å²) >= 11 is 0. The highest BCUT2D eigenvalue weighted by atomic mass is 16.5. The molecule has 2 amide bonds. The summed E-state index contributed by atoms with van der Waals surface area (Å²) in [7, 11) is 2.90. The molecule has 4 unspecified atom stereocenters. The first kappa shape index (κ1) is 23.5. The van der Waals surface area contributed by atoms with Crippen molar-refractivity contribution in [1.82, 2.24) is 10.2 Å². The van der Waals surface area contributed by atoms with Gasteiger partial charge in [-0.15, -0.1) is 0 Å². The second-order valence-corrected chi connectivity index (χ2v) is 9.44. The van der Waals surface area contributed by atoms with Crippen LogP contribution in [0.3, 0.4) is 0 Å². The van der Waals surface area contributed by atoms with Crippen LogP contribution in [0.15, 0.2) is 60.7 Å². The first-order chi connectivity index (χ1) is 15.2. The molecule has 1 saturated heterocycles. The highest BCUT2D eigenvalue weighted by Gasteiger charge is 2.57. The number of likely N-dealkylation sites (tertiary alicyclic amines) is 1. The van der Waals surface area contributed by atoms with Gasteiger partial charge >= 0.3 is 5.97 Å². The smallest absolute Gasteiger partial charge is 0.311 e. The molecular weight excluding hydrogens is 404 g/mol. The van der Waals surface area contributed by atoms with Crippen LogP contribution in [-0.2, 0) is 19.1 Å². The van der Waals surface area contributed by atoms with Gasteiger partial charge in [-0.05, 0) is 16.5 Å². The minimum Gasteiger partial charge on any atom is -0.469 e. The van der Waals surface area contributed by atoms with Crippen LogP contribution in [0.1, 0.15) is 50.3 Å². The second kappa shape index (κ2) is 9.55. The maximum Gasteiger partial charge on any atom is 0.311 e. The van der Waals surface area contributed by atoms with Gasteiger partial charge in [0.25, 0.3) is 0 Å². The quantitative estimate of drug-likeness (QED) is 0.726. The monoisotopic (exact) mass is 436 g/mol. The van der Waals surface area contributed by atoms with Crippen molar-refractivity contribution in [3.8, 4) is 0 Å². The van der Waals surface area contributed by atoms with Gasteiger partial charge in [-0.3, -0.25) is 14.4 Å². The van der Waals surface area contributed by atoms with Crippen molar-refractivity contribution in [3.05, 3.63) is 71.8 Å². The zero-order chi connectivity index (χ0) is 23.5. The van der Waals surface area contributed by atoms with Crippen molar-refractivity contribution >= 4 is 17.8 Å². The molecule has 3 rings (SSSR count). The molecule has 0 aromatic heterocycles. The van der Waals surface area contributed by atoms with Gasteiger partial charge in [-0.2, -0.15) is 0 Å². The summed E-state index contributed by atoms with van der Waals surface area (Å²) in [5, 5.41) is 2.72. The fourth-order valence-corrected chi connectivity index (χ4v) is 4.70. The van der Waals surface area contributed by atoms with Crippen molar-refractivity contribution in [2.75, 3.05) is 14.2 Å². The van der Waals surface area contributed by atoms with Gasteiger partial charge in [0.15, 0.2) is 0 Å². The lowest BCUT2D eigenvalue weighted by atomic mass is 9.80. The summed E-state index contributed by atoms with van der Waals surface area (Å²) in [5.41, 5.74) is 1.35. The predicted octanol–water partition coefficient (Wildman–Crippen LogP) is 3.69. The maximum absolute atomic E-state index is 13.7. The van der Waals surface area contributed by atoms with E-state index in [9.17, 15) is 14.4 Å². The van der Waals surface area contributed by atoms with Crippen molar-refractivity contribution in [3.63, 3.8) is 0 Å². The Balaban J connectivity index is 2.26. The van der Waals surface area contributed by atoms with Gasteiger partial charge in [-0.1, -0.05) is 81.4 Å². The zero-order valence-corrected chi connectivity index (χ0v) is 19.4. The van der Waals surface area contributed by atoms with Gasteiger partial charge in [0, 0.05) is 19.4 Å². The van der Waals surface area contributed by atoms with E-state index < -0.39 is 29.9 Å². The van der Waals surface area contributed by atoms with E-state index in [4.69, 9.17) is 4.74 Å². The van der Waals surface area contributed by atoms with Crippen LogP contribution >= 0.6 is 0 Å². The summed E-state index contributed by atoms with van der Waals surface area (Å²) in [5.74, 6) is -2.16. The fourth-order valence-electron chi connectivity index (χ4n) is 4.70. The third-order valence-corrected chi connectivity index (χ3v) is 5.95. The van der Waals surface area contributed by atoms with Crippen molar-refractivity contribution < 1.29 is 19.1 Å². The first-order valence-electron chi connectivity index (χ1n) is 10.9. The number of hydrogen-bond acceptors (Lipinski definition) is 4. The number of esters is 1. The van der Waals surface area contributed by atoms with E-state index in [2.05, 4.69) is 5.32 Å². The SMILES string of the molecule is CNC(=O)C1C(c2ccccc2)C(C(=O)OC)C(c2ccccc2)N1C(=O)CC(C)(C)C. The summed E-state index contributed by atoms with van der Waals surface area (Å²) in [6, 6.07) is 17.4. The second-order valence-electron chi connectivity index (χ2n) is 9.44. The number of rotatable bonds is 5. The Morgan fingerprint density at radius 2 is 1.47 bits per heavy atom. The summed E-state index contributed by atoms with van der Waals surface area (Å²) in [6.07, 6.45) is 0.249. The molecule has 0 saturated carbocycles. The fraction of sp³-hybridized carbons (Fsp3) is 0.423. The van der Waals surface area contributed by atoms with Crippen LogP contribution in [0, 0.1) is 11.3 Å². The van der Waals surface area contributed by atoms with Crippen LogP contribution in [0.5, 0.6) is 0 Å². The minimum atomic E-state index is -0.841. The number of nitrogens with one attached hydrogen (secondary N) is 1. The van der Waals surface area contributed by atoms with E-state index >= 15 is 0 Å². The Hall–Kier alpha value is -3.15. The number of benzene rings is 2. The van der Waals surface area contributed by atoms with Crippen LogP contribution in [-0.4, -0.2) is 42.9 Å². The number of nitrogens with zero attached hydrogens (tertiary/aromatic N) is 1. The third-order valence-electron chi connectivity index (χ3n) is 5.95. The molecule has 1 fully saturated rings. The normalized spacial score (nSPS) is 23.0. The largest absolute Gasteiger partial charge is 0.469 e. The van der Waals surface area contributed by atoms with Crippen molar-refractivity contribution in [1.29, 1.82) is 0 Å². The molecule has 170 valence electrons. The first-order valence-corrected chi connectivity index (χ1v) is 10.9. The summed E-state index contributed by atoms with van der Waals surface area (Å²) < 4.78 is 5.22. The third kappa shape index (κ3) is 4.69. The Kier molecular flexibility index (Phi) is 7.02. The molecule has 4 atom stereocenters. The number of ether oxygens (including phenoxy) is 1. The highest BCUT2D eigenvalue weighted by molar-refractivity contribution is 5.92. The van der Waals surface area contributed by atoms with E-state index in [0.717, 1.165) is 11.1 Å². The molecule has 1 N–H and O–H groups in total. The van der Waals surface area contributed by atoms with E-state index in [1.807, 2.05) is 81.4 Å². The number of methoxy groups -OCH3 is 1. The van der Waals surface area contributed by atoms with E-state index in [0.29, 0.717) is 0 Å². The minimum absolute atomic E-state index is 0.160. The lowest BCUT2D eigenvalue weighted by Crippen LogP contribution is -2.48. The molecule has 0 radical (unpaired) electrons. The van der Waals surface area contributed by atoms with Crippen LogP contribution in [0.25, 0.3) is 0 Å². The van der Waals surface area contributed by atoms with Gasteiger partial charge in [0.1, 0.15) is 6.04 Å². The van der Waals surface area contributed by atoms with Gasteiger partial charge in [-0.25, -0.2) is 0 Å². The molecule has 0 aliphatic carbocycles. The summed E-state index contributed by atoms with van der Waals surface area (Å²) in [4.78, 5) is 41.8. The lowest BCUT2D eigenvalue weighted by Gasteiger charge is -2.33. The number of hydrogen-bond donors (Lipinski definition) is 1. The van der Waals surface area contributed by atoms with Gasteiger partial charge in [0.05, 0.1) is 19.1 Å². The predicted molar refractivity (Wildman–Crippen MR) is 123 cm³/mol. The highest BCUT2D eigenvalue weighted by Crippen LogP contribution is 2.51. The van der Waals surface area contributed by atoms with E-state index in [1.165, 1.54) is 7.11 Å². The van der Waals surface area contributed by atoms with Gasteiger partial charge < -0.3 is 15.0 Å². The molecule has 1 aliphatic rings. The molecule has 32 heavy (non-hydrogen) atoms. The molecule has 6 nitrogen and oxygen atoms in total. The zero-order valence-electron chi connectivity index (χ0n) is 19.4. The molecule has 6 heteroatoms. The van der Waals surface area contributed by atoms with Crippen LogP contribution in [0.4, 0.5) is 0 Å². The molecule has 2 aromatic carbocycles. The number of carbonyl (C=O) groups excluding carboxylic acids is 3. The van der Waals surface area contributed by atoms with Crippen molar-refractivity contribution in [2.45, 2.75) is 45.2 Å². The van der Waals surface area contributed by atoms with Crippen molar-refractivity contribution in [2.24, 2.45) is 11.3 Å². The Morgan fingerprint density at radius 1 is 0.938 bits per heavy atom. The molecule has 0 bridgehead atoms. The standard InChI is InChI=1S/C26H32N2O4/c1-26(2,3)16-19(29)28-22(18-14-10-7-11-15-18)21(25(31)32-5)20(23(28)24(30)27-4)17-12-8-6-9-13-17/h6-15,20-23H,16H2,1-5H3,(H,27,30). The van der Waals surface area contributed by atoms with Crippen LogP contribution < -0.4 is 5.32 Å². The lowest BCUT2D eigenvalue weighted by molar-refractivity contribution is -0.148. The molecule has 1 heterocycles. The molecule has 0 spiro atoms.